The van der Waals surface area contributed by atoms with Crippen molar-refractivity contribution < 1.29 is 0 Å². The van der Waals surface area contributed by atoms with Crippen LogP contribution in [0, 0.1) is 5.92 Å². The topological polar surface area (TPSA) is 36.1 Å². The number of aromatic nitrogens is 1. The largest absolute Gasteiger partial charge is 0.341 e. The van der Waals surface area contributed by atoms with Gasteiger partial charge in [-0.1, -0.05) is 53.3 Å². The van der Waals surface area contributed by atoms with E-state index in [1.807, 2.05) is 0 Å². The van der Waals surface area contributed by atoms with Gasteiger partial charge in [0.2, 0.25) is 0 Å². The number of H-pyrrole nitrogens is 1. The standard InChI is InChI=1S/C29H26N2OS/c32-29-30-25-15-12-21(16-27(25)33-29)31(17-18-8-9-18)26-7-3-5-20-11-13-23-22-6-2-1-4-19(22)10-14-24(23)28(20)26/h2-3,5-7,11-13,15-16,18H,1,4,8-10,14,17H2,(H,30,32). The molecule has 1 N–H and O–H groups in total. The Hall–Kier alpha value is -3.11. The van der Waals surface area contributed by atoms with Gasteiger partial charge in [0.15, 0.2) is 0 Å². The number of hydrogen-bond donors (Lipinski definition) is 1. The second-order valence-corrected chi connectivity index (χ2v) is 10.7. The molecule has 0 bridgehead atoms. The van der Waals surface area contributed by atoms with Gasteiger partial charge in [0.25, 0.3) is 0 Å². The molecule has 3 aliphatic rings. The van der Waals surface area contributed by atoms with E-state index in [0.717, 1.165) is 29.1 Å². The highest BCUT2D eigenvalue weighted by atomic mass is 32.1. The lowest BCUT2D eigenvalue weighted by Gasteiger charge is -2.30. The van der Waals surface area contributed by atoms with Crippen LogP contribution < -0.4 is 9.77 Å². The Kier molecular flexibility index (Phi) is 4.38. The Morgan fingerprint density at radius 3 is 2.88 bits per heavy atom. The molecule has 33 heavy (non-hydrogen) atoms. The van der Waals surface area contributed by atoms with E-state index >= 15 is 0 Å². The molecule has 0 spiro atoms. The first-order valence-corrected chi connectivity index (χ1v) is 12.9. The zero-order valence-corrected chi connectivity index (χ0v) is 19.4. The van der Waals surface area contributed by atoms with Crippen molar-refractivity contribution in [3.8, 4) is 0 Å². The smallest absolute Gasteiger partial charge is 0.305 e. The molecule has 0 atom stereocenters. The van der Waals surface area contributed by atoms with Crippen molar-refractivity contribution in [2.24, 2.45) is 5.92 Å². The lowest BCUT2D eigenvalue weighted by molar-refractivity contribution is 0.813. The van der Waals surface area contributed by atoms with Gasteiger partial charge in [0.1, 0.15) is 0 Å². The van der Waals surface area contributed by atoms with Gasteiger partial charge >= 0.3 is 4.87 Å². The molecule has 7 rings (SSSR count). The summed E-state index contributed by atoms with van der Waals surface area (Å²) < 4.78 is 1.03. The molecular formula is C29H26N2OS. The first kappa shape index (κ1) is 19.4. The van der Waals surface area contributed by atoms with Crippen molar-refractivity contribution in [1.29, 1.82) is 0 Å². The molecule has 3 nitrogen and oxygen atoms in total. The molecule has 1 heterocycles. The second-order valence-electron chi connectivity index (χ2n) is 9.67. The molecule has 1 aromatic heterocycles. The van der Waals surface area contributed by atoms with Gasteiger partial charge in [-0.2, -0.15) is 0 Å². The molecule has 4 heteroatoms. The number of nitrogens with one attached hydrogen (secondary N) is 1. The van der Waals surface area contributed by atoms with E-state index in [9.17, 15) is 4.79 Å². The quantitative estimate of drug-likeness (QED) is 0.353. The monoisotopic (exact) mass is 450 g/mol. The van der Waals surface area contributed by atoms with E-state index in [-0.39, 0.29) is 4.87 Å². The number of anilines is 2. The van der Waals surface area contributed by atoms with E-state index in [2.05, 4.69) is 70.6 Å². The zero-order valence-electron chi connectivity index (χ0n) is 18.6. The number of fused-ring (bicyclic) bond motifs is 5. The maximum Gasteiger partial charge on any atom is 0.305 e. The molecule has 0 amide bonds. The number of nitrogens with zero attached hydrogens (tertiary/aromatic N) is 1. The zero-order chi connectivity index (χ0) is 21.9. The van der Waals surface area contributed by atoms with Crippen molar-refractivity contribution in [3.05, 3.63) is 87.1 Å². The molecule has 0 aliphatic heterocycles. The van der Waals surface area contributed by atoms with Crippen LogP contribution >= 0.6 is 11.3 Å². The summed E-state index contributed by atoms with van der Waals surface area (Å²) in [4.78, 5) is 17.4. The van der Waals surface area contributed by atoms with Crippen LogP contribution in [0.1, 0.15) is 43.2 Å². The normalized spacial score (nSPS) is 17.5. The maximum absolute atomic E-state index is 11.9. The van der Waals surface area contributed by atoms with Gasteiger partial charge in [-0.15, -0.1) is 0 Å². The Morgan fingerprint density at radius 1 is 1.03 bits per heavy atom. The molecule has 4 aromatic rings. The summed E-state index contributed by atoms with van der Waals surface area (Å²) in [5.41, 5.74) is 9.44. The lowest BCUT2D eigenvalue weighted by atomic mass is 9.79. The van der Waals surface area contributed by atoms with Crippen molar-refractivity contribution in [2.45, 2.75) is 38.5 Å². The minimum atomic E-state index is 0.0136. The Bertz CT molecular complexity index is 1530. The Morgan fingerprint density at radius 2 is 1.97 bits per heavy atom. The Labute approximate surface area is 197 Å². The van der Waals surface area contributed by atoms with Crippen LogP contribution in [0.4, 0.5) is 11.4 Å². The maximum atomic E-state index is 11.9. The van der Waals surface area contributed by atoms with E-state index < -0.39 is 0 Å². The first-order valence-electron chi connectivity index (χ1n) is 12.1. The number of allylic oxidation sites excluding steroid dienone is 4. The Balaban J connectivity index is 1.45. The summed E-state index contributed by atoms with van der Waals surface area (Å²) in [5, 5.41) is 2.73. The highest BCUT2D eigenvalue weighted by Crippen LogP contribution is 2.45. The molecule has 164 valence electrons. The SMILES string of the molecule is O=c1[nH]c2ccc(N(CC3CC3)c3cccc4ccc5c(c34)CCC3=C5C=CCC3)cc2s1. The van der Waals surface area contributed by atoms with Gasteiger partial charge in [-0.25, -0.2) is 0 Å². The van der Waals surface area contributed by atoms with Crippen molar-refractivity contribution >= 4 is 49.3 Å². The molecular weight excluding hydrogens is 424 g/mol. The van der Waals surface area contributed by atoms with Gasteiger partial charge in [0, 0.05) is 23.3 Å². The molecule has 0 radical (unpaired) electrons. The second kappa shape index (κ2) is 7.46. The van der Waals surface area contributed by atoms with Gasteiger partial charge in [-0.3, -0.25) is 4.79 Å². The van der Waals surface area contributed by atoms with E-state index in [1.165, 1.54) is 82.3 Å². The molecule has 3 aliphatic carbocycles. The number of hydrogen-bond acceptors (Lipinski definition) is 3. The molecule has 0 saturated heterocycles. The van der Waals surface area contributed by atoms with Gasteiger partial charge in [0.05, 0.1) is 10.2 Å². The fourth-order valence-electron chi connectivity index (χ4n) is 5.70. The summed E-state index contributed by atoms with van der Waals surface area (Å²) in [5.74, 6) is 0.746. The van der Waals surface area contributed by atoms with Crippen molar-refractivity contribution in [1.82, 2.24) is 4.98 Å². The van der Waals surface area contributed by atoms with Crippen LogP contribution in [-0.2, 0) is 6.42 Å². The predicted molar refractivity (Wildman–Crippen MR) is 140 cm³/mol. The third kappa shape index (κ3) is 3.27. The molecule has 3 aromatic carbocycles. The fraction of sp³-hybridized carbons (Fsp3) is 0.276. The van der Waals surface area contributed by atoms with Gasteiger partial charge in [-0.05, 0) is 90.8 Å². The number of aromatic amines is 1. The average molecular weight is 451 g/mol. The lowest BCUT2D eigenvalue weighted by Crippen LogP contribution is -2.21. The third-order valence-electron chi connectivity index (χ3n) is 7.52. The van der Waals surface area contributed by atoms with Gasteiger partial charge < -0.3 is 9.88 Å². The highest BCUT2D eigenvalue weighted by Gasteiger charge is 2.28. The molecule has 0 unspecified atom stereocenters. The van der Waals surface area contributed by atoms with Crippen LogP contribution in [0.2, 0.25) is 0 Å². The van der Waals surface area contributed by atoms with Crippen LogP contribution in [0.15, 0.2) is 71.1 Å². The highest BCUT2D eigenvalue weighted by molar-refractivity contribution is 7.16. The van der Waals surface area contributed by atoms with Crippen molar-refractivity contribution in [2.75, 3.05) is 11.4 Å². The third-order valence-corrected chi connectivity index (χ3v) is 8.37. The molecule has 1 fully saturated rings. The summed E-state index contributed by atoms with van der Waals surface area (Å²) in [6.45, 7) is 1.03. The van der Waals surface area contributed by atoms with Crippen LogP contribution in [0.5, 0.6) is 0 Å². The first-order chi connectivity index (χ1) is 16.2. The number of rotatable bonds is 4. The van der Waals surface area contributed by atoms with E-state index in [1.54, 1.807) is 5.57 Å². The van der Waals surface area contributed by atoms with Crippen LogP contribution in [0.25, 0.3) is 26.6 Å². The summed E-state index contributed by atoms with van der Waals surface area (Å²) in [6, 6.07) is 17.8. The summed E-state index contributed by atoms with van der Waals surface area (Å²) in [7, 11) is 0. The van der Waals surface area contributed by atoms with Crippen LogP contribution in [-0.4, -0.2) is 11.5 Å². The predicted octanol–water partition coefficient (Wildman–Crippen LogP) is 7.34. The van der Waals surface area contributed by atoms with Crippen LogP contribution in [0.3, 0.4) is 0 Å². The average Bonchev–Trinajstić information content (AvgIpc) is 3.59. The molecule has 1 saturated carbocycles. The summed E-state index contributed by atoms with van der Waals surface area (Å²) >= 11 is 1.30. The minimum absolute atomic E-state index is 0.0136. The minimum Gasteiger partial charge on any atom is -0.341 e. The van der Waals surface area contributed by atoms with E-state index in [4.69, 9.17) is 0 Å². The summed E-state index contributed by atoms with van der Waals surface area (Å²) in [6.07, 6.45) is 12.0. The van der Waals surface area contributed by atoms with E-state index in [0.29, 0.717) is 0 Å². The number of benzene rings is 3. The fourth-order valence-corrected chi connectivity index (χ4v) is 6.47. The number of aryl methyl sites for hydroxylation is 1. The van der Waals surface area contributed by atoms with Crippen molar-refractivity contribution in [3.63, 3.8) is 0 Å². The number of thiazole rings is 1.